The molecule has 0 heterocycles. The Morgan fingerprint density at radius 2 is 1.88 bits per heavy atom. The van der Waals surface area contributed by atoms with E-state index in [0.717, 1.165) is 0 Å². The number of rotatable bonds is 10. The summed E-state index contributed by atoms with van der Waals surface area (Å²) in [7, 11) is -1.71. The van der Waals surface area contributed by atoms with E-state index in [9.17, 15) is 8.42 Å². The monoisotopic (exact) mass is 268 g/mol. The molecule has 0 bridgehead atoms. The number of nitrogens with zero attached hydrogens (tertiary/aromatic N) is 1. The first kappa shape index (κ1) is 16.8. The molecule has 17 heavy (non-hydrogen) atoms. The molecule has 0 unspecified atom stereocenters. The maximum absolute atomic E-state index is 11.7. The van der Waals surface area contributed by atoms with Crippen LogP contribution in [0.25, 0.3) is 0 Å². The number of nitrogens with two attached hydrogens (primary N) is 1. The Labute approximate surface area is 104 Å². The highest BCUT2D eigenvalue weighted by molar-refractivity contribution is 7.89. The molecule has 2 N–H and O–H groups in total. The fourth-order valence-corrected chi connectivity index (χ4v) is 2.03. The van der Waals surface area contributed by atoms with Gasteiger partial charge in [0.1, 0.15) is 0 Å². The van der Waals surface area contributed by atoms with Crippen molar-refractivity contribution in [2.75, 3.05) is 45.7 Å². The lowest BCUT2D eigenvalue weighted by atomic mass is 10.5. The van der Waals surface area contributed by atoms with Gasteiger partial charge in [-0.05, 0) is 13.8 Å². The van der Waals surface area contributed by atoms with E-state index in [-0.39, 0.29) is 18.5 Å². The molecule has 6 nitrogen and oxygen atoms in total. The Kier molecular flexibility index (Phi) is 8.71. The number of hydrogen-bond donors (Lipinski definition) is 1. The summed E-state index contributed by atoms with van der Waals surface area (Å²) in [5, 5.41) is 0. The normalized spacial score (nSPS) is 12.6. The standard InChI is InChI=1S/C10H24N2O4S/c1-10(2)16-8-9-17(13,14)12(3)5-7-15-6-4-11/h10H,4-9,11H2,1-3H3. The maximum atomic E-state index is 11.7. The quantitative estimate of drug-likeness (QED) is 0.548. The van der Waals surface area contributed by atoms with E-state index >= 15 is 0 Å². The predicted molar refractivity (Wildman–Crippen MR) is 67.4 cm³/mol. The zero-order chi connectivity index (χ0) is 13.3. The van der Waals surface area contributed by atoms with Gasteiger partial charge in [-0.3, -0.25) is 0 Å². The summed E-state index contributed by atoms with van der Waals surface area (Å²) in [6, 6.07) is 0. The maximum Gasteiger partial charge on any atom is 0.216 e. The number of likely N-dealkylation sites (N-methyl/N-ethyl adjacent to an activating group) is 1. The third-order valence-electron chi connectivity index (χ3n) is 2.08. The molecular weight excluding hydrogens is 244 g/mol. The van der Waals surface area contributed by atoms with Crippen molar-refractivity contribution in [3.8, 4) is 0 Å². The summed E-state index contributed by atoms with van der Waals surface area (Å²) in [4.78, 5) is 0. The summed E-state index contributed by atoms with van der Waals surface area (Å²) in [5.41, 5.74) is 5.25. The van der Waals surface area contributed by atoms with E-state index in [1.807, 2.05) is 13.8 Å². The van der Waals surface area contributed by atoms with Crippen LogP contribution >= 0.6 is 0 Å². The second-order valence-corrected chi connectivity index (χ2v) is 6.15. The molecule has 7 heteroatoms. The predicted octanol–water partition coefficient (Wildman–Crippen LogP) is -0.352. The summed E-state index contributed by atoms with van der Waals surface area (Å²) < 4.78 is 35.1. The van der Waals surface area contributed by atoms with E-state index in [1.54, 1.807) is 0 Å². The number of sulfonamides is 1. The van der Waals surface area contributed by atoms with Gasteiger partial charge in [0.25, 0.3) is 0 Å². The van der Waals surface area contributed by atoms with Crippen molar-refractivity contribution < 1.29 is 17.9 Å². The van der Waals surface area contributed by atoms with Crippen molar-refractivity contribution in [3.63, 3.8) is 0 Å². The van der Waals surface area contributed by atoms with Crippen LogP contribution in [0.2, 0.25) is 0 Å². The second kappa shape index (κ2) is 8.82. The van der Waals surface area contributed by atoms with Gasteiger partial charge in [0.15, 0.2) is 0 Å². The average molecular weight is 268 g/mol. The Hall–Kier alpha value is -0.210. The van der Waals surface area contributed by atoms with Crippen LogP contribution < -0.4 is 5.73 Å². The van der Waals surface area contributed by atoms with Crippen LogP contribution in [-0.4, -0.2) is 64.5 Å². The summed E-state index contributed by atoms with van der Waals surface area (Å²) >= 11 is 0. The molecule has 0 atom stereocenters. The molecule has 0 spiro atoms. The molecule has 0 amide bonds. The molecule has 0 saturated carbocycles. The van der Waals surface area contributed by atoms with Gasteiger partial charge in [-0.2, -0.15) is 0 Å². The SMILES string of the molecule is CC(C)OCCS(=O)(=O)N(C)CCOCCN. The molecule has 0 fully saturated rings. The highest BCUT2D eigenvalue weighted by Gasteiger charge is 2.17. The molecule has 0 radical (unpaired) electrons. The first-order valence-electron chi connectivity index (χ1n) is 5.73. The Balaban J connectivity index is 3.86. The molecular formula is C10H24N2O4S. The van der Waals surface area contributed by atoms with Crippen molar-refractivity contribution in [2.24, 2.45) is 5.73 Å². The fraction of sp³-hybridized carbons (Fsp3) is 1.00. The van der Waals surface area contributed by atoms with Crippen LogP contribution in [0.1, 0.15) is 13.8 Å². The van der Waals surface area contributed by atoms with Crippen LogP contribution in [0.5, 0.6) is 0 Å². The molecule has 0 aromatic rings. The largest absolute Gasteiger partial charge is 0.379 e. The minimum absolute atomic E-state index is 0.00142. The average Bonchev–Trinajstić information content (AvgIpc) is 2.23. The zero-order valence-corrected chi connectivity index (χ0v) is 11.7. The van der Waals surface area contributed by atoms with E-state index in [1.165, 1.54) is 11.4 Å². The van der Waals surface area contributed by atoms with Crippen molar-refractivity contribution >= 4 is 10.0 Å². The first-order valence-corrected chi connectivity index (χ1v) is 7.34. The van der Waals surface area contributed by atoms with Gasteiger partial charge in [-0.15, -0.1) is 0 Å². The molecule has 0 saturated heterocycles. The van der Waals surface area contributed by atoms with Gasteiger partial charge in [-0.25, -0.2) is 12.7 Å². The van der Waals surface area contributed by atoms with Crippen LogP contribution in [0.3, 0.4) is 0 Å². The number of ether oxygens (including phenoxy) is 2. The molecule has 0 aromatic heterocycles. The van der Waals surface area contributed by atoms with Crippen molar-refractivity contribution in [2.45, 2.75) is 20.0 Å². The van der Waals surface area contributed by atoms with Crippen LogP contribution in [0, 0.1) is 0 Å². The molecule has 0 rings (SSSR count). The van der Waals surface area contributed by atoms with Crippen LogP contribution in [0.4, 0.5) is 0 Å². The van der Waals surface area contributed by atoms with Gasteiger partial charge >= 0.3 is 0 Å². The number of hydrogen-bond acceptors (Lipinski definition) is 5. The summed E-state index contributed by atoms with van der Waals surface area (Å²) in [6.45, 7) is 5.55. The second-order valence-electron chi connectivity index (χ2n) is 3.96. The van der Waals surface area contributed by atoms with E-state index < -0.39 is 10.0 Å². The Morgan fingerprint density at radius 1 is 1.24 bits per heavy atom. The molecule has 104 valence electrons. The van der Waals surface area contributed by atoms with E-state index in [0.29, 0.717) is 26.3 Å². The lowest BCUT2D eigenvalue weighted by Crippen LogP contribution is -2.34. The smallest absolute Gasteiger partial charge is 0.216 e. The lowest BCUT2D eigenvalue weighted by molar-refractivity contribution is 0.0904. The molecule has 0 aliphatic rings. The fourth-order valence-electron chi connectivity index (χ4n) is 1.06. The van der Waals surface area contributed by atoms with Crippen LogP contribution in [0.15, 0.2) is 0 Å². The van der Waals surface area contributed by atoms with E-state index in [4.69, 9.17) is 15.2 Å². The zero-order valence-electron chi connectivity index (χ0n) is 10.9. The van der Waals surface area contributed by atoms with Gasteiger partial charge < -0.3 is 15.2 Å². The van der Waals surface area contributed by atoms with E-state index in [2.05, 4.69) is 0 Å². The molecule has 0 aliphatic heterocycles. The molecule has 0 aromatic carbocycles. The Morgan fingerprint density at radius 3 is 2.41 bits per heavy atom. The topological polar surface area (TPSA) is 81.9 Å². The highest BCUT2D eigenvalue weighted by Crippen LogP contribution is 1.99. The third-order valence-corrected chi connectivity index (χ3v) is 3.89. The Bertz CT molecular complexity index is 280. The van der Waals surface area contributed by atoms with Gasteiger partial charge in [0.05, 0.1) is 31.7 Å². The minimum atomic E-state index is -3.25. The third kappa shape index (κ3) is 8.50. The van der Waals surface area contributed by atoms with Crippen molar-refractivity contribution in [3.05, 3.63) is 0 Å². The first-order chi connectivity index (χ1) is 7.90. The van der Waals surface area contributed by atoms with Crippen LogP contribution in [-0.2, 0) is 19.5 Å². The minimum Gasteiger partial charge on any atom is -0.379 e. The van der Waals surface area contributed by atoms with Crippen molar-refractivity contribution in [1.29, 1.82) is 0 Å². The van der Waals surface area contributed by atoms with Gasteiger partial charge in [0, 0.05) is 20.1 Å². The summed E-state index contributed by atoms with van der Waals surface area (Å²) in [6.07, 6.45) is 0.0448. The van der Waals surface area contributed by atoms with Gasteiger partial charge in [-0.1, -0.05) is 0 Å². The van der Waals surface area contributed by atoms with Crippen molar-refractivity contribution in [1.82, 2.24) is 4.31 Å². The molecule has 0 aliphatic carbocycles. The highest BCUT2D eigenvalue weighted by atomic mass is 32.2. The van der Waals surface area contributed by atoms with Gasteiger partial charge in [0.2, 0.25) is 10.0 Å². The lowest BCUT2D eigenvalue weighted by Gasteiger charge is -2.17. The summed E-state index contributed by atoms with van der Waals surface area (Å²) in [5.74, 6) is -0.00142.